The third-order valence-electron chi connectivity index (χ3n) is 6.19. The molecule has 2 amide bonds. The van der Waals surface area contributed by atoms with E-state index in [1.807, 2.05) is 0 Å². The van der Waals surface area contributed by atoms with Crippen molar-refractivity contribution in [2.45, 2.75) is 51.0 Å². The van der Waals surface area contributed by atoms with Gasteiger partial charge in [0.15, 0.2) is 0 Å². The molecule has 4 heteroatoms. The van der Waals surface area contributed by atoms with Gasteiger partial charge in [0.05, 0.1) is 0 Å². The maximum atomic E-state index is 13.0. The quantitative estimate of drug-likeness (QED) is 0.902. The number of nitrogens with one attached hydrogen (secondary N) is 1. The summed E-state index contributed by atoms with van der Waals surface area (Å²) >= 11 is 0. The number of likely N-dealkylation sites (N-methyl/N-ethyl adjacent to an activating group) is 1. The van der Waals surface area contributed by atoms with Gasteiger partial charge < -0.3 is 10.2 Å². The maximum absolute atomic E-state index is 13.0. The first-order chi connectivity index (χ1) is 11.6. The van der Waals surface area contributed by atoms with E-state index < -0.39 is 0 Å². The zero-order valence-corrected chi connectivity index (χ0v) is 14.9. The molecule has 3 aliphatic rings. The van der Waals surface area contributed by atoms with Gasteiger partial charge in [0.2, 0.25) is 0 Å². The highest BCUT2D eigenvalue weighted by molar-refractivity contribution is 5.95. The molecule has 2 aliphatic heterocycles. The molecule has 1 aliphatic carbocycles. The predicted octanol–water partition coefficient (Wildman–Crippen LogP) is 3.50. The summed E-state index contributed by atoms with van der Waals surface area (Å²) in [5, 5.41) is 3.24. The van der Waals surface area contributed by atoms with E-state index in [-0.39, 0.29) is 6.03 Å². The van der Waals surface area contributed by atoms with E-state index in [9.17, 15) is 4.79 Å². The number of hydrogen-bond donors (Lipinski definition) is 1. The number of urea groups is 1. The summed E-state index contributed by atoms with van der Waals surface area (Å²) in [4.78, 5) is 17.5. The van der Waals surface area contributed by atoms with Crippen LogP contribution in [0.3, 0.4) is 0 Å². The maximum Gasteiger partial charge on any atom is 0.322 e. The molecule has 0 unspecified atom stereocenters. The normalized spacial score (nSPS) is 27.2. The van der Waals surface area contributed by atoms with E-state index in [1.54, 1.807) is 0 Å². The molecule has 0 bridgehead atoms. The van der Waals surface area contributed by atoms with Crippen LogP contribution in [0, 0.1) is 12.8 Å². The van der Waals surface area contributed by atoms with Crippen molar-refractivity contribution < 1.29 is 4.79 Å². The van der Waals surface area contributed by atoms with Gasteiger partial charge in [-0.15, -0.1) is 0 Å². The van der Waals surface area contributed by atoms with Crippen LogP contribution in [0.4, 0.5) is 10.5 Å². The van der Waals surface area contributed by atoms with Gasteiger partial charge in [-0.25, -0.2) is 4.79 Å². The molecule has 0 aromatic heterocycles. The van der Waals surface area contributed by atoms with Gasteiger partial charge in [0.25, 0.3) is 0 Å². The predicted molar refractivity (Wildman–Crippen MR) is 97.7 cm³/mol. The lowest BCUT2D eigenvalue weighted by Crippen LogP contribution is -2.50. The van der Waals surface area contributed by atoms with Crippen LogP contribution in [-0.4, -0.2) is 43.7 Å². The zero-order valence-electron chi connectivity index (χ0n) is 14.9. The van der Waals surface area contributed by atoms with Crippen LogP contribution in [-0.2, 0) is 0 Å². The molecule has 4 nitrogen and oxygen atoms in total. The van der Waals surface area contributed by atoms with E-state index in [1.165, 1.54) is 36.8 Å². The highest BCUT2D eigenvalue weighted by Crippen LogP contribution is 2.44. The molecular formula is C20H29N3O. The van der Waals surface area contributed by atoms with Crippen molar-refractivity contribution in [1.29, 1.82) is 0 Å². The minimum atomic E-state index is 0.115. The minimum Gasteiger partial charge on any atom is -0.337 e. The average molecular weight is 327 g/mol. The van der Waals surface area contributed by atoms with Gasteiger partial charge in [-0.2, -0.15) is 0 Å². The fourth-order valence-electron chi connectivity index (χ4n) is 4.88. The second-order valence-corrected chi connectivity index (χ2v) is 7.99. The Morgan fingerprint density at radius 2 is 2.04 bits per heavy atom. The van der Waals surface area contributed by atoms with Crippen LogP contribution in [0.1, 0.15) is 49.1 Å². The van der Waals surface area contributed by atoms with E-state index in [2.05, 4.69) is 47.3 Å². The van der Waals surface area contributed by atoms with Crippen molar-refractivity contribution in [2.75, 3.05) is 31.6 Å². The smallest absolute Gasteiger partial charge is 0.322 e. The van der Waals surface area contributed by atoms with Crippen molar-refractivity contribution in [2.24, 2.45) is 5.92 Å². The number of rotatable bonds is 2. The molecule has 2 fully saturated rings. The van der Waals surface area contributed by atoms with E-state index >= 15 is 0 Å². The molecule has 0 radical (unpaired) electrons. The molecule has 1 saturated carbocycles. The second-order valence-electron chi connectivity index (χ2n) is 7.99. The lowest BCUT2D eigenvalue weighted by atomic mass is 9.89. The third-order valence-corrected chi connectivity index (χ3v) is 6.19. The number of fused-ring (bicyclic) bond motifs is 3. The van der Waals surface area contributed by atoms with Gasteiger partial charge in [-0.3, -0.25) is 4.90 Å². The van der Waals surface area contributed by atoms with Crippen LogP contribution in [0.25, 0.3) is 0 Å². The molecule has 2 heterocycles. The fraction of sp³-hybridized carbons (Fsp3) is 0.650. The third kappa shape index (κ3) is 2.81. The number of carbonyl (C=O) groups excluding carboxylic acids is 1. The first-order valence-electron chi connectivity index (χ1n) is 9.49. The van der Waals surface area contributed by atoms with Gasteiger partial charge in [-0.05, 0) is 57.3 Å². The Bertz CT molecular complexity index is 623. The minimum absolute atomic E-state index is 0.115. The Morgan fingerprint density at radius 3 is 2.83 bits per heavy atom. The number of benzene rings is 1. The number of amides is 2. The van der Waals surface area contributed by atoms with Gasteiger partial charge >= 0.3 is 6.03 Å². The van der Waals surface area contributed by atoms with Crippen molar-refractivity contribution >= 4 is 11.7 Å². The number of carbonyl (C=O) groups is 1. The molecule has 1 aromatic rings. The number of likely N-dealkylation sites (tertiary alicyclic amines) is 1. The molecule has 4 rings (SSSR count). The van der Waals surface area contributed by atoms with Crippen LogP contribution < -0.4 is 10.2 Å². The number of hydrogen-bond acceptors (Lipinski definition) is 2. The summed E-state index contributed by atoms with van der Waals surface area (Å²) in [6.45, 7) is 5.10. The molecule has 1 saturated heterocycles. The van der Waals surface area contributed by atoms with E-state index in [0.29, 0.717) is 17.9 Å². The summed E-state index contributed by atoms with van der Waals surface area (Å²) in [5.41, 5.74) is 3.78. The summed E-state index contributed by atoms with van der Waals surface area (Å²) < 4.78 is 0. The van der Waals surface area contributed by atoms with Crippen molar-refractivity contribution in [1.82, 2.24) is 10.2 Å². The molecule has 130 valence electrons. The van der Waals surface area contributed by atoms with Gasteiger partial charge in [0.1, 0.15) is 0 Å². The average Bonchev–Trinajstić information content (AvgIpc) is 3.18. The molecule has 1 aromatic carbocycles. The Labute approximate surface area is 145 Å². The molecule has 0 spiro atoms. The van der Waals surface area contributed by atoms with Crippen molar-refractivity contribution in [3.63, 3.8) is 0 Å². The highest BCUT2D eigenvalue weighted by atomic mass is 16.2. The van der Waals surface area contributed by atoms with Crippen LogP contribution in [0.5, 0.6) is 0 Å². The molecular weight excluding hydrogens is 298 g/mol. The summed E-state index contributed by atoms with van der Waals surface area (Å²) in [5.74, 6) is 1.14. The lowest BCUT2D eigenvalue weighted by molar-refractivity contribution is 0.218. The Kier molecular flexibility index (Phi) is 4.25. The van der Waals surface area contributed by atoms with Crippen LogP contribution in [0.2, 0.25) is 0 Å². The largest absolute Gasteiger partial charge is 0.337 e. The first-order valence-corrected chi connectivity index (χ1v) is 9.49. The van der Waals surface area contributed by atoms with Crippen LogP contribution in [0.15, 0.2) is 18.2 Å². The molecule has 1 N–H and O–H groups in total. The SMILES string of the molecule is Cc1ccc2c(c1)[C@@H]1CN(C)CC[C@@H]1N2C(=O)NCC1CCCC1. The summed E-state index contributed by atoms with van der Waals surface area (Å²) in [6.07, 6.45) is 6.25. The van der Waals surface area contributed by atoms with Crippen LogP contribution >= 0.6 is 0 Å². The number of anilines is 1. The van der Waals surface area contributed by atoms with E-state index in [4.69, 9.17) is 0 Å². The second kappa shape index (κ2) is 6.40. The monoisotopic (exact) mass is 327 g/mol. The first kappa shape index (κ1) is 15.9. The van der Waals surface area contributed by atoms with Gasteiger partial charge in [0, 0.05) is 30.7 Å². The topological polar surface area (TPSA) is 35.6 Å². The van der Waals surface area contributed by atoms with Gasteiger partial charge in [-0.1, -0.05) is 30.5 Å². The Balaban J connectivity index is 1.56. The van der Waals surface area contributed by atoms with Crippen molar-refractivity contribution in [3.05, 3.63) is 29.3 Å². The molecule has 24 heavy (non-hydrogen) atoms. The van der Waals surface area contributed by atoms with E-state index in [0.717, 1.165) is 31.7 Å². The Hall–Kier alpha value is -1.55. The number of aryl methyl sites for hydroxylation is 1. The summed E-state index contributed by atoms with van der Waals surface area (Å²) in [7, 11) is 2.19. The number of nitrogens with zero attached hydrogens (tertiary/aromatic N) is 2. The molecule has 2 atom stereocenters. The zero-order chi connectivity index (χ0) is 16.7. The Morgan fingerprint density at radius 1 is 1.25 bits per heavy atom. The fourth-order valence-corrected chi connectivity index (χ4v) is 4.88. The standard InChI is InChI=1S/C20H29N3O/c1-14-7-8-18-16(11-14)17-13-22(2)10-9-19(17)23(18)20(24)21-12-15-5-3-4-6-15/h7-8,11,15,17,19H,3-6,9-10,12-13H2,1-2H3,(H,21,24)/t17-,19-/m0/s1. The van der Waals surface area contributed by atoms with Crippen molar-refractivity contribution in [3.8, 4) is 0 Å². The summed E-state index contributed by atoms with van der Waals surface area (Å²) in [6, 6.07) is 7.01. The number of piperidine rings is 1. The highest BCUT2D eigenvalue weighted by Gasteiger charge is 2.43. The lowest BCUT2D eigenvalue weighted by Gasteiger charge is -2.36.